The van der Waals surface area contributed by atoms with E-state index in [1.807, 2.05) is 6.07 Å². The molecule has 2 aromatic carbocycles. The lowest BCUT2D eigenvalue weighted by molar-refractivity contribution is -0.384. The van der Waals surface area contributed by atoms with Gasteiger partial charge >= 0.3 is 0 Å². The first kappa shape index (κ1) is 19.9. The zero-order valence-electron chi connectivity index (χ0n) is 14.3. The molecule has 0 saturated heterocycles. The van der Waals surface area contributed by atoms with Crippen LogP contribution in [0.4, 0.5) is 5.69 Å². The van der Waals surface area contributed by atoms with Crippen LogP contribution in [0.1, 0.15) is 11.7 Å². The van der Waals surface area contributed by atoms with Crippen molar-refractivity contribution in [3.05, 3.63) is 70.3 Å². The number of aliphatic hydroxyl groups is 1. The largest absolute Gasteiger partial charge is 0.484 e. The molecular formula is C18H19N3O6. The van der Waals surface area contributed by atoms with Crippen LogP contribution in [-0.2, 0) is 9.59 Å². The molecular weight excluding hydrogens is 354 g/mol. The standard InChI is InChI=1S/C18H19N3O6/c22-16(13-6-8-14(9-7-13)21(25)26)10-19-17(23)11-20-18(24)12-27-15-4-2-1-3-5-15/h1-9,16,22H,10-12H2,(H,19,23)(H,20,24)/t16-/m1/s1. The topological polar surface area (TPSA) is 131 Å². The first-order chi connectivity index (χ1) is 13.0. The molecule has 0 unspecified atom stereocenters. The van der Waals surface area contributed by atoms with Crippen LogP contribution in [0.2, 0.25) is 0 Å². The van der Waals surface area contributed by atoms with E-state index >= 15 is 0 Å². The van der Waals surface area contributed by atoms with E-state index in [4.69, 9.17) is 4.74 Å². The van der Waals surface area contributed by atoms with Gasteiger partial charge in [0.05, 0.1) is 17.6 Å². The molecule has 0 aliphatic heterocycles. The van der Waals surface area contributed by atoms with Gasteiger partial charge in [-0.1, -0.05) is 18.2 Å². The second-order valence-electron chi connectivity index (χ2n) is 5.55. The predicted octanol–water partition coefficient (Wildman–Crippen LogP) is 0.940. The van der Waals surface area contributed by atoms with Gasteiger partial charge in [0.1, 0.15) is 5.75 Å². The van der Waals surface area contributed by atoms with Crippen molar-refractivity contribution in [3.63, 3.8) is 0 Å². The van der Waals surface area contributed by atoms with Crippen molar-refractivity contribution in [1.82, 2.24) is 10.6 Å². The van der Waals surface area contributed by atoms with E-state index in [2.05, 4.69) is 10.6 Å². The summed E-state index contributed by atoms with van der Waals surface area (Å²) in [4.78, 5) is 33.4. The number of carbonyl (C=O) groups excluding carboxylic acids is 2. The molecule has 2 amide bonds. The Balaban J connectivity index is 1.67. The molecule has 0 radical (unpaired) electrons. The molecule has 0 spiro atoms. The molecule has 2 rings (SSSR count). The lowest BCUT2D eigenvalue weighted by atomic mass is 10.1. The summed E-state index contributed by atoms with van der Waals surface area (Å²) in [6, 6.07) is 14.2. The van der Waals surface area contributed by atoms with Crippen molar-refractivity contribution >= 4 is 17.5 Å². The Morgan fingerprint density at radius 3 is 2.33 bits per heavy atom. The Morgan fingerprint density at radius 2 is 1.70 bits per heavy atom. The third-order valence-corrected chi connectivity index (χ3v) is 3.54. The number of nitrogens with zero attached hydrogens (tertiary/aromatic N) is 1. The number of para-hydroxylation sites is 1. The number of non-ortho nitro benzene ring substituents is 1. The first-order valence-electron chi connectivity index (χ1n) is 8.09. The highest BCUT2D eigenvalue weighted by molar-refractivity contribution is 5.85. The second kappa shape index (κ2) is 9.88. The van der Waals surface area contributed by atoms with Gasteiger partial charge in [-0.15, -0.1) is 0 Å². The van der Waals surface area contributed by atoms with Gasteiger partial charge in [0.15, 0.2) is 6.61 Å². The molecule has 0 bridgehead atoms. The summed E-state index contributed by atoms with van der Waals surface area (Å²) in [7, 11) is 0. The van der Waals surface area contributed by atoms with Crippen molar-refractivity contribution in [2.75, 3.05) is 19.7 Å². The van der Waals surface area contributed by atoms with Crippen LogP contribution in [0.5, 0.6) is 5.75 Å². The maximum Gasteiger partial charge on any atom is 0.269 e. The Kier molecular flexibility index (Phi) is 7.26. The van der Waals surface area contributed by atoms with E-state index in [-0.39, 0.29) is 25.4 Å². The van der Waals surface area contributed by atoms with Crippen molar-refractivity contribution in [3.8, 4) is 5.75 Å². The Hall–Kier alpha value is -3.46. The number of hydrogen-bond acceptors (Lipinski definition) is 6. The fraction of sp³-hybridized carbons (Fsp3) is 0.222. The normalized spacial score (nSPS) is 11.3. The van der Waals surface area contributed by atoms with Crippen molar-refractivity contribution in [2.45, 2.75) is 6.10 Å². The van der Waals surface area contributed by atoms with Gasteiger partial charge in [-0.2, -0.15) is 0 Å². The van der Waals surface area contributed by atoms with Crippen LogP contribution in [0.3, 0.4) is 0 Å². The summed E-state index contributed by atoms with van der Waals surface area (Å²) in [6.07, 6.45) is -1.02. The Bertz CT molecular complexity index is 779. The molecule has 0 fully saturated rings. The molecule has 9 heteroatoms. The van der Waals surface area contributed by atoms with E-state index in [1.165, 1.54) is 24.3 Å². The minimum absolute atomic E-state index is 0.0876. The van der Waals surface area contributed by atoms with E-state index in [1.54, 1.807) is 24.3 Å². The predicted molar refractivity (Wildman–Crippen MR) is 96.0 cm³/mol. The number of benzene rings is 2. The maximum atomic E-state index is 11.7. The average molecular weight is 373 g/mol. The molecule has 3 N–H and O–H groups in total. The maximum absolute atomic E-state index is 11.7. The number of nitrogens with one attached hydrogen (secondary N) is 2. The summed E-state index contributed by atoms with van der Waals surface area (Å²) in [6.45, 7) is -0.570. The highest BCUT2D eigenvalue weighted by Crippen LogP contribution is 2.17. The molecule has 0 saturated carbocycles. The molecule has 0 heterocycles. The van der Waals surface area contributed by atoms with Crippen LogP contribution in [0.25, 0.3) is 0 Å². The molecule has 1 atom stereocenters. The summed E-state index contributed by atoms with van der Waals surface area (Å²) >= 11 is 0. The first-order valence-corrected chi connectivity index (χ1v) is 8.09. The number of carbonyl (C=O) groups is 2. The average Bonchev–Trinajstić information content (AvgIpc) is 2.69. The van der Waals surface area contributed by atoms with E-state index in [0.717, 1.165) is 0 Å². The van der Waals surface area contributed by atoms with Gasteiger partial charge in [-0.05, 0) is 29.8 Å². The quantitative estimate of drug-likeness (QED) is 0.443. The molecule has 0 aromatic heterocycles. The minimum Gasteiger partial charge on any atom is -0.484 e. The third-order valence-electron chi connectivity index (χ3n) is 3.54. The molecule has 27 heavy (non-hydrogen) atoms. The summed E-state index contributed by atoms with van der Waals surface area (Å²) < 4.78 is 5.25. The number of nitro benzene ring substituents is 1. The van der Waals surface area contributed by atoms with E-state index in [9.17, 15) is 24.8 Å². The highest BCUT2D eigenvalue weighted by atomic mass is 16.6. The molecule has 2 aromatic rings. The Morgan fingerprint density at radius 1 is 1.04 bits per heavy atom. The zero-order valence-corrected chi connectivity index (χ0v) is 14.3. The summed E-state index contributed by atoms with van der Waals surface area (Å²) in [5.74, 6) is -0.391. The van der Waals surface area contributed by atoms with Crippen molar-refractivity contribution in [2.24, 2.45) is 0 Å². The Labute approximate surface area is 155 Å². The highest BCUT2D eigenvalue weighted by Gasteiger charge is 2.12. The number of aliphatic hydroxyl groups excluding tert-OH is 1. The smallest absolute Gasteiger partial charge is 0.269 e. The van der Waals surface area contributed by atoms with E-state index < -0.39 is 22.8 Å². The summed E-state index contributed by atoms with van der Waals surface area (Å²) in [5, 5.41) is 25.5. The van der Waals surface area contributed by atoms with Gasteiger partial charge in [-0.25, -0.2) is 0 Å². The van der Waals surface area contributed by atoms with Crippen LogP contribution >= 0.6 is 0 Å². The zero-order chi connectivity index (χ0) is 19.6. The fourth-order valence-corrected chi connectivity index (χ4v) is 2.10. The molecule has 0 aliphatic rings. The van der Waals surface area contributed by atoms with Gasteiger partial charge < -0.3 is 20.5 Å². The van der Waals surface area contributed by atoms with E-state index in [0.29, 0.717) is 11.3 Å². The number of hydrogen-bond donors (Lipinski definition) is 3. The van der Waals surface area contributed by atoms with Gasteiger partial charge in [0, 0.05) is 18.7 Å². The third kappa shape index (κ3) is 6.75. The SMILES string of the molecule is O=C(CNC(=O)COc1ccccc1)NC[C@@H](O)c1ccc([N+](=O)[O-])cc1. The monoisotopic (exact) mass is 373 g/mol. The van der Waals surface area contributed by atoms with Crippen LogP contribution in [-0.4, -0.2) is 41.5 Å². The lowest BCUT2D eigenvalue weighted by Crippen LogP contribution is -2.40. The minimum atomic E-state index is -1.02. The molecule has 142 valence electrons. The lowest BCUT2D eigenvalue weighted by Gasteiger charge is -2.12. The van der Waals surface area contributed by atoms with Gasteiger partial charge in [0.25, 0.3) is 11.6 Å². The molecule has 0 aliphatic carbocycles. The number of rotatable bonds is 9. The van der Waals surface area contributed by atoms with Crippen molar-refractivity contribution in [1.29, 1.82) is 0 Å². The van der Waals surface area contributed by atoms with Gasteiger partial charge in [0.2, 0.25) is 5.91 Å². The summed E-state index contributed by atoms with van der Waals surface area (Å²) in [5.41, 5.74) is 0.344. The van der Waals surface area contributed by atoms with Crippen molar-refractivity contribution < 1.29 is 24.4 Å². The second-order valence-corrected chi connectivity index (χ2v) is 5.55. The molecule has 9 nitrogen and oxygen atoms in total. The number of ether oxygens (including phenoxy) is 1. The van der Waals surface area contributed by atoms with Crippen LogP contribution in [0, 0.1) is 10.1 Å². The fourth-order valence-electron chi connectivity index (χ4n) is 2.10. The van der Waals surface area contributed by atoms with Gasteiger partial charge in [-0.3, -0.25) is 19.7 Å². The number of amides is 2. The van der Waals surface area contributed by atoms with Crippen LogP contribution in [0.15, 0.2) is 54.6 Å². The number of nitro groups is 1. The van der Waals surface area contributed by atoms with Crippen LogP contribution < -0.4 is 15.4 Å².